The van der Waals surface area contributed by atoms with Crippen molar-refractivity contribution in [3.63, 3.8) is 0 Å². The number of nitrogens with zero attached hydrogens (tertiary/aromatic N) is 1. The standard InChI is InChI=1S/C15H23NO/c1-4-6-7-13(5-2)15(17)10-14-9-8-12(3)11-16-14/h8-9,11,13H,4-7,10H2,1-3H3. The molecule has 0 aliphatic carbocycles. The van der Waals surface area contributed by atoms with Crippen molar-refractivity contribution < 1.29 is 4.79 Å². The second-order valence-electron chi connectivity index (χ2n) is 4.72. The Morgan fingerprint density at radius 1 is 1.35 bits per heavy atom. The maximum atomic E-state index is 12.1. The van der Waals surface area contributed by atoms with Crippen LogP contribution in [0.4, 0.5) is 0 Å². The highest BCUT2D eigenvalue weighted by Gasteiger charge is 2.16. The molecule has 0 radical (unpaired) electrons. The predicted molar refractivity (Wildman–Crippen MR) is 71.0 cm³/mol. The highest BCUT2D eigenvalue weighted by atomic mass is 16.1. The summed E-state index contributed by atoms with van der Waals surface area (Å²) in [4.78, 5) is 16.4. The summed E-state index contributed by atoms with van der Waals surface area (Å²) in [6, 6.07) is 3.97. The third-order valence-corrected chi connectivity index (χ3v) is 3.18. The van der Waals surface area contributed by atoms with Crippen molar-refractivity contribution in [2.45, 2.75) is 52.9 Å². The van der Waals surface area contributed by atoms with E-state index in [0.717, 1.165) is 36.9 Å². The number of Topliss-reactive ketones (excluding diaryl/α,β-unsaturated/α-hetero) is 1. The van der Waals surface area contributed by atoms with E-state index < -0.39 is 0 Å². The highest BCUT2D eigenvalue weighted by Crippen LogP contribution is 2.16. The van der Waals surface area contributed by atoms with E-state index in [9.17, 15) is 4.79 Å². The molecule has 0 fully saturated rings. The molecule has 1 heterocycles. The number of hydrogen-bond acceptors (Lipinski definition) is 2. The van der Waals surface area contributed by atoms with Crippen LogP contribution in [0.25, 0.3) is 0 Å². The summed E-state index contributed by atoms with van der Waals surface area (Å²) in [6.07, 6.45) is 6.60. The molecule has 0 saturated carbocycles. The van der Waals surface area contributed by atoms with Gasteiger partial charge in [-0.05, 0) is 31.4 Å². The topological polar surface area (TPSA) is 30.0 Å². The summed E-state index contributed by atoms with van der Waals surface area (Å²) >= 11 is 0. The lowest BCUT2D eigenvalue weighted by atomic mass is 9.92. The smallest absolute Gasteiger partial charge is 0.141 e. The van der Waals surface area contributed by atoms with Crippen molar-refractivity contribution in [2.24, 2.45) is 5.92 Å². The average molecular weight is 233 g/mol. The van der Waals surface area contributed by atoms with Gasteiger partial charge in [0, 0.05) is 24.2 Å². The molecular formula is C15H23NO. The Hall–Kier alpha value is -1.18. The first-order valence-corrected chi connectivity index (χ1v) is 6.61. The van der Waals surface area contributed by atoms with Crippen molar-refractivity contribution in [3.8, 4) is 0 Å². The van der Waals surface area contributed by atoms with Crippen LogP contribution in [0.5, 0.6) is 0 Å². The molecule has 1 rings (SSSR count). The molecule has 17 heavy (non-hydrogen) atoms. The van der Waals surface area contributed by atoms with Crippen molar-refractivity contribution in [1.82, 2.24) is 4.98 Å². The zero-order valence-electron chi connectivity index (χ0n) is 11.2. The van der Waals surface area contributed by atoms with Crippen LogP contribution in [0.1, 0.15) is 50.8 Å². The van der Waals surface area contributed by atoms with Crippen LogP contribution < -0.4 is 0 Å². The second-order valence-corrected chi connectivity index (χ2v) is 4.72. The van der Waals surface area contributed by atoms with Gasteiger partial charge >= 0.3 is 0 Å². The first kappa shape index (κ1) is 13.9. The van der Waals surface area contributed by atoms with Gasteiger partial charge in [0.15, 0.2) is 0 Å². The number of ketones is 1. The fourth-order valence-corrected chi connectivity index (χ4v) is 1.97. The minimum atomic E-state index is 0.220. The number of aryl methyl sites for hydroxylation is 1. The summed E-state index contributed by atoms with van der Waals surface area (Å²) in [5.74, 6) is 0.565. The van der Waals surface area contributed by atoms with Crippen LogP contribution in [0.15, 0.2) is 18.3 Å². The minimum Gasteiger partial charge on any atom is -0.299 e. The van der Waals surface area contributed by atoms with Crippen LogP contribution in [-0.2, 0) is 11.2 Å². The van der Waals surface area contributed by atoms with Gasteiger partial charge in [0.05, 0.1) is 0 Å². The molecule has 1 aromatic rings. The Balaban J connectivity index is 2.54. The molecular weight excluding hydrogens is 210 g/mol. The quantitative estimate of drug-likeness (QED) is 0.718. The van der Waals surface area contributed by atoms with E-state index in [2.05, 4.69) is 18.8 Å². The first-order valence-electron chi connectivity index (χ1n) is 6.61. The SMILES string of the molecule is CCCCC(CC)C(=O)Cc1ccc(C)cn1. The Morgan fingerprint density at radius 2 is 2.12 bits per heavy atom. The van der Waals surface area contributed by atoms with Gasteiger partial charge in [0.2, 0.25) is 0 Å². The number of rotatable bonds is 7. The number of hydrogen-bond donors (Lipinski definition) is 0. The summed E-state index contributed by atoms with van der Waals surface area (Å²) < 4.78 is 0. The van der Waals surface area contributed by atoms with E-state index in [0.29, 0.717) is 12.2 Å². The first-order chi connectivity index (χ1) is 8.17. The number of carbonyl (C=O) groups excluding carboxylic acids is 1. The van der Waals surface area contributed by atoms with Crippen LogP contribution >= 0.6 is 0 Å². The molecule has 1 unspecified atom stereocenters. The average Bonchev–Trinajstić information content (AvgIpc) is 2.33. The lowest BCUT2D eigenvalue weighted by Gasteiger charge is -2.12. The Labute approximate surface area is 104 Å². The summed E-state index contributed by atoms with van der Waals surface area (Å²) in [7, 11) is 0. The predicted octanol–water partition coefficient (Wildman–Crippen LogP) is 3.72. The van der Waals surface area contributed by atoms with Crippen molar-refractivity contribution in [2.75, 3.05) is 0 Å². The maximum absolute atomic E-state index is 12.1. The van der Waals surface area contributed by atoms with Gasteiger partial charge in [-0.1, -0.05) is 32.8 Å². The molecule has 0 amide bonds. The van der Waals surface area contributed by atoms with Crippen molar-refractivity contribution in [1.29, 1.82) is 0 Å². The minimum absolute atomic E-state index is 0.220. The van der Waals surface area contributed by atoms with Crippen molar-refractivity contribution >= 4 is 5.78 Å². The molecule has 94 valence electrons. The van der Waals surface area contributed by atoms with Gasteiger partial charge in [-0.2, -0.15) is 0 Å². The molecule has 0 bridgehead atoms. The Kier molecular flexibility index (Phi) is 5.88. The van der Waals surface area contributed by atoms with Gasteiger partial charge in [0.25, 0.3) is 0 Å². The van der Waals surface area contributed by atoms with E-state index in [4.69, 9.17) is 0 Å². The highest BCUT2D eigenvalue weighted by molar-refractivity contribution is 5.82. The molecule has 0 aliphatic rings. The fraction of sp³-hybridized carbons (Fsp3) is 0.600. The fourth-order valence-electron chi connectivity index (χ4n) is 1.97. The van der Waals surface area contributed by atoms with Crippen molar-refractivity contribution in [3.05, 3.63) is 29.6 Å². The van der Waals surface area contributed by atoms with Gasteiger partial charge in [-0.3, -0.25) is 9.78 Å². The zero-order valence-corrected chi connectivity index (χ0v) is 11.2. The van der Waals surface area contributed by atoms with Gasteiger partial charge in [-0.15, -0.1) is 0 Å². The van der Waals surface area contributed by atoms with Crippen LogP contribution in [0, 0.1) is 12.8 Å². The zero-order chi connectivity index (χ0) is 12.7. The molecule has 1 aromatic heterocycles. The number of carbonyl (C=O) groups is 1. The molecule has 0 saturated heterocycles. The molecule has 0 aliphatic heterocycles. The number of pyridine rings is 1. The van der Waals surface area contributed by atoms with Crippen LogP contribution in [0.3, 0.4) is 0 Å². The molecule has 0 spiro atoms. The number of aromatic nitrogens is 1. The monoisotopic (exact) mass is 233 g/mol. The van der Waals surface area contributed by atoms with Crippen LogP contribution in [0.2, 0.25) is 0 Å². The largest absolute Gasteiger partial charge is 0.299 e. The van der Waals surface area contributed by atoms with E-state index in [1.165, 1.54) is 0 Å². The second kappa shape index (κ2) is 7.21. The number of unbranched alkanes of at least 4 members (excludes halogenated alkanes) is 1. The van der Waals surface area contributed by atoms with Gasteiger partial charge < -0.3 is 0 Å². The molecule has 2 heteroatoms. The Bertz CT molecular complexity index is 342. The third-order valence-electron chi connectivity index (χ3n) is 3.18. The lowest BCUT2D eigenvalue weighted by molar-refractivity contribution is -0.122. The normalized spacial score (nSPS) is 12.4. The summed E-state index contributed by atoms with van der Waals surface area (Å²) in [5.41, 5.74) is 2.04. The Morgan fingerprint density at radius 3 is 2.65 bits per heavy atom. The summed E-state index contributed by atoms with van der Waals surface area (Å²) in [6.45, 7) is 6.27. The van der Waals surface area contributed by atoms with E-state index in [-0.39, 0.29) is 5.92 Å². The molecule has 2 nitrogen and oxygen atoms in total. The molecule has 0 aromatic carbocycles. The van der Waals surface area contributed by atoms with E-state index in [1.807, 2.05) is 25.3 Å². The van der Waals surface area contributed by atoms with E-state index >= 15 is 0 Å². The van der Waals surface area contributed by atoms with Gasteiger partial charge in [0.1, 0.15) is 5.78 Å². The van der Waals surface area contributed by atoms with Crippen LogP contribution in [-0.4, -0.2) is 10.8 Å². The third kappa shape index (κ3) is 4.68. The van der Waals surface area contributed by atoms with Gasteiger partial charge in [-0.25, -0.2) is 0 Å². The molecule has 0 N–H and O–H groups in total. The maximum Gasteiger partial charge on any atom is 0.141 e. The molecule has 1 atom stereocenters. The lowest BCUT2D eigenvalue weighted by Crippen LogP contribution is -2.16. The van der Waals surface area contributed by atoms with E-state index in [1.54, 1.807) is 0 Å². The summed E-state index contributed by atoms with van der Waals surface area (Å²) in [5, 5.41) is 0.